The molecule has 0 amide bonds. The van der Waals surface area contributed by atoms with Crippen LogP contribution in [0.1, 0.15) is 24.0 Å². The Morgan fingerprint density at radius 1 is 1.14 bits per heavy atom. The monoisotopic (exact) mass is 495 g/mol. The van der Waals surface area contributed by atoms with Gasteiger partial charge in [0.1, 0.15) is 28.5 Å². The minimum atomic E-state index is -0.800. The number of aromatic nitrogens is 2. The molecule has 8 nitrogen and oxygen atoms in total. The molecule has 2 aromatic heterocycles. The highest BCUT2D eigenvalue weighted by atomic mass is 32.2. The molecule has 4 rings (SSSR count). The normalized spacial score (nSPS) is 15.0. The van der Waals surface area contributed by atoms with Gasteiger partial charge < -0.3 is 15.2 Å². The van der Waals surface area contributed by atoms with Crippen molar-refractivity contribution in [2.24, 2.45) is 5.73 Å². The predicted octanol–water partition coefficient (Wildman–Crippen LogP) is 4.43. The molecule has 0 saturated heterocycles. The summed E-state index contributed by atoms with van der Waals surface area (Å²) in [5.74, 6) is -1.15. The van der Waals surface area contributed by atoms with Gasteiger partial charge in [-0.1, -0.05) is 48.2 Å². The second kappa shape index (κ2) is 11.2. The van der Waals surface area contributed by atoms with Crippen LogP contribution in [0.5, 0.6) is 0 Å². The molecule has 0 spiro atoms. The summed E-state index contributed by atoms with van der Waals surface area (Å²) in [7, 11) is 0. The molecule has 36 heavy (non-hydrogen) atoms. The average molecular weight is 496 g/mol. The second-order valence-corrected chi connectivity index (χ2v) is 8.55. The third-order valence-corrected chi connectivity index (χ3v) is 6.39. The number of hydrogen-bond donors (Lipinski definition) is 1. The van der Waals surface area contributed by atoms with E-state index in [1.807, 2.05) is 30.3 Å². The number of ether oxygens (including phenoxy) is 2. The zero-order chi connectivity index (χ0) is 25.5. The van der Waals surface area contributed by atoms with Crippen LogP contribution >= 0.6 is 11.8 Å². The van der Waals surface area contributed by atoms with Crippen molar-refractivity contribution in [2.75, 3.05) is 12.4 Å². The van der Waals surface area contributed by atoms with Crippen molar-refractivity contribution in [3.05, 3.63) is 101 Å². The van der Waals surface area contributed by atoms with Gasteiger partial charge in [0.05, 0.1) is 35.1 Å². The lowest BCUT2D eigenvalue weighted by molar-refractivity contribution is -0.139. The Labute approximate surface area is 212 Å². The van der Waals surface area contributed by atoms with Crippen molar-refractivity contribution >= 4 is 17.7 Å². The molecular formula is C27H21N5O3S. The molecule has 1 aliphatic heterocycles. The number of rotatable bonds is 7. The fraction of sp³-hybridized carbons (Fsp3) is 0.148. The molecule has 9 heteroatoms. The Morgan fingerprint density at radius 2 is 1.94 bits per heavy atom. The Morgan fingerprint density at radius 3 is 2.61 bits per heavy atom. The third-order valence-electron chi connectivity index (χ3n) is 5.40. The maximum absolute atomic E-state index is 13.1. The lowest BCUT2D eigenvalue weighted by Crippen LogP contribution is -2.27. The van der Waals surface area contributed by atoms with Crippen molar-refractivity contribution in [1.82, 2.24) is 9.97 Å². The molecule has 178 valence electrons. The SMILES string of the molecule is CCOC(=O)C1=C(CSc2nc(-c3ccccc3)ccc2C#N)OC(N)=C(C#N)C1c1cccnc1. The van der Waals surface area contributed by atoms with Crippen LogP contribution < -0.4 is 5.73 Å². The molecule has 2 N–H and O–H groups in total. The van der Waals surface area contributed by atoms with Crippen LogP contribution in [0.4, 0.5) is 0 Å². The summed E-state index contributed by atoms with van der Waals surface area (Å²) >= 11 is 1.23. The lowest BCUT2D eigenvalue weighted by atomic mass is 9.84. The van der Waals surface area contributed by atoms with E-state index in [9.17, 15) is 15.3 Å². The van der Waals surface area contributed by atoms with E-state index < -0.39 is 11.9 Å². The first kappa shape index (κ1) is 24.5. The van der Waals surface area contributed by atoms with Crippen LogP contribution in [0.2, 0.25) is 0 Å². The van der Waals surface area contributed by atoms with Crippen molar-refractivity contribution in [3.8, 4) is 23.4 Å². The van der Waals surface area contributed by atoms with Crippen LogP contribution in [0.25, 0.3) is 11.3 Å². The van der Waals surface area contributed by atoms with E-state index in [0.29, 0.717) is 21.8 Å². The van der Waals surface area contributed by atoms with Gasteiger partial charge in [0.15, 0.2) is 0 Å². The Hall–Kier alpha value is -4.60. The van der Waals surface area contributed by atoms with Crippen molar-refractivity contribution in [2.45, 2.75) is 17.9 Å². The molecule has 0 fully saturated rings. The first-order valence-corrected chi connectivity index (χ1v) is 12.0. The fourth-order valence-corrected chi connectivity index (χ4v) is 4.69. The summed E-state index contributed by atoms with van der Waals surface area (Å²) in [5, 5.41) is 19.9. The van der Waals surface area contributed by atoms with Gasteiger partial charge >= 0.3 is 5.97 Å². The third kappa shape index (κ3) is 5.07. The van der Waals surface area contributed by atoms with Crippen molar-refractivity contribution in [1.29, 1.82) is 10.5 Å². The summed E-state index contributed by atoms with van der Waals surface area (Å²) in [4.78, 5) is 21.9. The number of nitrogens with two attached hydrogens (primary N) is 1. The Balaban J connectivity index is 1.75. The number of nitriles is 2. The lowest BCUT2D eigenvalue weighted by Gasteiger charge is -2.27. The van der Waals surface area contributed by atoms with Gasteiger partial charge in [0.25, 0.3) is 0 Å². The number of pyridine rings is 2. The van der Waals surface area contributed by atoms with E-state index >= 15 is 0 Å². The highest BCUT2D eigenvalue weighted by Gasteiger charge is 2.37. The quantitative estimate of drug-likeness (QED) is 0.373. The summed E-state index contributed by atoms with van der Waals surface area (Å²) in [5.41, 5.74) is 9.00. The first-order valence-electron chi connectivity index (χ1n) is 11.0. The Kier molecular flexibility index (Phi) is 7.64. The minimum Gasteiger partial charge on any atom is -0.463 e. The number of nitrogens with zero attached hydrogens (tertiary/aromatic N) is 4. The summed E-state index contributed by atoms with van der Waals surface area (Å²) in [6.07, 6.45) is 3.17. The van der Waals surface area contributed by atoms with Gasteiger partial charge in [-0.2, -0.15) is 10.5 Å². The fourth-order valence-electron chi connectivity index (χ4n) is 3.78. The van der Waals surface area contributed by atoms with E-state index in [0.717, 1.165) is 5.56 Å². The zero-order valence-corrected chi connectivity index (χ0v) is 20.2. The number of hydrogen-bond acceptors (Lipinski definition) is 9. The van der Waals surface area contributed by atoms with Gasteiger partial charge in [-0.05, 0) is 30.7 Å². The first-order chi connectivity index (χ1) is 17.6. The summed E-state index contributed by atoms with van der Waals surface area (Å²) < 4.78 is 11.1. The number of thioether (sulfide) groups is 1. The van der Waals surface area contributed by atoms with E-state index in [-0.39, 0.29) is 35.1 Å². The molecule has 1 aliphatic rings. The van der Waals surface area contributed by atoms with E-state index in [4.69, 9.17) is 15.2 Å². The molecule has 0 radical (unpaired) electrons. The van der Waals surface area contributed by atoms with Crippen molar-refractivity contribution in [3.63, 3.8) is 0 Å². The molecular weight excluding hydrogens is 474 g/mol. The van der Waals surface area contributed by atoms with Crippen LogP contribution in [0.3, 0.4) is 0 Å². The van der Waals surface area contributed by atoms with Crippen LogP contribution in [-0.4, -0.2) is 28.3 Å². The molecule has 1 unspecified atom stereocenters. The molecule has 3 aromatic rings. The molecule has 1 atom stereocenters. The van der Waals surface area contributed by atoms with Gasteiger partial charge in [-0.15, -0.1) is 0 Å². The standard InChI is InChI=1S/C27H21N5O3S/c1-2-34-27(33)24-22(35-25(30)20(14-29)23(24)19-9-6-12-31-15-19)16-36-26-18(13-28)10-11-21(32-26)17-7-4-3-5-8-17/h3-12,15,23H,2,16,30H2,1H3. The largest absolute Gasteiger partial charge is 0.463 e. The van der Waals surface area contributed by atoms with E-state index in [1.54, 1.807) is 43.6 Å². The van der Waals surface area contributed by atoms with E-state index in [2.05, 4.69) is 22.1 Å². The number of allylic oxidation sites excluding steroid dienone is 1. The van der Waals surface area contributed by atoms with Crippen molar-refractivity contribution < 1.29 is 14.3 Å². The number of benzene rings is 1. The molecule has 0 bridgehead atoms. The topological polar surface area (TPSA) is 135 Å². The maximum atomic E-state index is 13.1. The molecule has 3 heterocycles. The summed E-state index contributed by atoms with van der Waals surface area (Å²) in [6, 6.07) is 20.8. The van der Waals surface area contributed by atoms with Crippen LogP contribution in [-0.2, 0) is 14.3 Å². The predicted molar refractivity (Wildman–Crippen MR) is 134 cm³/mol. The van der Waals surface area contributed by atoms with Gasteiger partial charge in [-0.25, -0.2) is 9.78 Å². The maximum Gasteiger partial charge on any atom is 0.338 e. The second-order valence-electron chi connectivity index (χ2n) is 7.58. The van der Waals surface area contributed by atoms with Crippen LogP contribution in [0.15, 0.2) is 94.8 Å². The molecule has 1 aromatic carbocycles. The van der Waals surface area contributed by atoms with Gasteiger partial charge in [0, 0.05) is 18.0 Å². The highest BCUT2D eigenvalue weighted by molar-refractivity contribution is 7.99. The number of carbonyl (C=O) groups is 1. The van der Waals surface area contributed by atoms with Gasteiger partial charge in [-0.3, -0.25) is 4.98 Å². The average Bonchev–Trinajstić information content (AvgIpc) is 2.92. The van der Waals surface area contributed by atoms with Gasteiger partial charge in [0.2, 0.25) is 5.88 Å². The molecule has 0 saturated carbocycles. The number of esters is 1. The van der Waals surface area contributed by atoms with E-state index in [1.165, 1.54) is 11.8 Å². The summed E-state index contributed by atoms with van der Waals surface area (Å²) in [6.45, 7) is 1.84. The molecule has 0 aliphatic carbocycles. The smallest absolute Gasteiger partial charge is 0.338 e. The minimum absolute atomic E-state index is 0.0958. The zero-order valence-electron chi connectivity index (χ0n) is 19.3. The highest BCUT2D eigenvalue weighted by Crippen LogP contribution is 2.41. The van der Waals surface area contributed by atoms with Crippen LogP contribution in [0, 0.1) is 22.7 Å². The number of carbonyl (C=O) groups excluding carboxylic acids is 1. The Bertz CT molecular complexity index is 1420.